The Morgan fingerprint density at radius 2 is 2.12 bits per heavy atom. The number of anilines is 1. The van der Waals surface area contributed by atoms with Crippen LogP contribution in [0, 0.1) is 6.92 Å². The molecule has 0 fully saturated rings. The first-order valence-electron chi connectivity index (χ1n) is 5.47. The summed E-state index contributed by atoms with van der Waals surface area (Å²) in [7, 11) is 0. The first kappa shape index (κ1) is 11.4. The van der Waals surface area contributed by atoms with Crippen molar-refractivity contribution in [1.29, 1.82) is 0 Å². The second-order valence-corrected chi connectivity index (χ2v) is 4.90. The number of aromatic nitrogens is 1. The zero-order chi connectivity index (χ0) is 11.7. The monoisotopic (exact) mass is 278 g/mol. The Morgan fingerprint density at radius 1 is 1.38 bits per heavy atom. The number of benzene rings is 1. The SMILES string of the molecule is CCCc1cc(N)c2c(Br)ccc(C)c2n1. The van der Waals surface area contributed by atoms with E-state index in [1.807, 2.05) is 12.1 Å². The summed E-state index contributed by atoms with van der Waals surface area (Å²) in [5.41, 5.74) is 10.2. The van der Waals surface area contributed by atoms with E-state index >= 15 is 0 Å². The normalized spacial score (nSPS) is 10.9. The summed E-state index contributed by atoms with van der Waals surface area (Å²) >= 11 is 3.53. The molecule has 0 bridgehead atoms. The molecule has 1 aromatic carbocycles. The molecular formula is C13H15BrN2. The van der Waals surface area contributed by atoms with Crippen LogP contribution in [0.3, 0.4) is 0 Å². The molecule has 0 atom stereocenters. The molecule has 2 N–H and O–H groups in total. The van der Waals surface area contributed by atoms with Crippen LogP contribution < -0.4 is 5.73 Å². The van der Waals surface area contributed by atoms with Crippen molar-refractivity contribution in [2.45, 2.75) is 26.7 Å². The van der Waals surface area contributed by atoms with Crippen molar-refractivity contribution in [1.82, 2.24) is 4.98 Å². The lowest BCUT2D eigenvalue weighted by atomic mass is 10.1. The molecule has 2 rings (SSSR count). The van der Waals surface area contributed by atoms with E-state index in [-0.39, 0.29) is 0 Å². The van der Waals surface area contributed by atoms with Crippen molar-refractivity contribution in [3.8, 4) is 0 Å². The van der Waals surface area contributed by atoms with Gasteiger partial charge in [0.1, 0.15) is 0 Å². The van der Waals surface area contributed by atoms with Crippen LogP contribution in [0.15, 0.2) is 22.7 Å². The molecule has 0 saturated heterocycles. The van der Waals surface area contributed by atoms with Crippen LogP contribution in [0.25, 0.3) is 10.9 Å². The predicted molar refractivity (Wildman–Crippen MR) is 72.6 cm³/mol. The van der Waals surface area contributed by atoms with E-state index in [0.717, 1.165) is 39.6 Å². The van der Waals surface area contributed by atoms with Gasteiger partial charge >= 0.3 is 0 Å². The Hall–Kier alpha value is -1.09. The highest BCUT2D eigenvalue weighted by atomic mass is 79.9. The molecule has 2 aromatic rings. The summed E-state index contributed by atoms with van der Waals surface area (Å²) in [5, 5.41) is 1.03. The number of hydrogen-bond acceptors (Lipinski definition) is 2. The highest BCUT2D eigenvalue weighted by Gasteiger charge is 2.08. The Balaban J connectivity index is 2.76. The second kappa shape index (κ2) is 4.42. The van der Waals surface area contributed by atoms with Gasteiger partial charge in [-0.15, -0.1) is 0 Å². The Kier molecular flexibility index (Phi) is 3.15. The van der Waals surface area contributed by atoms with E-state index in [1.165, 1.54) is 5.56 Å². The van der Waals surface area contributed by atoms with Gasteiger partial charge in [-0.1, -0.05) is 35.3 Å². The zero-order valence-electron chi connectivity index (χ0n) is 9.55. The van der Waals surface area contributed by atoms with Gasteiger partial charge in [-0.25, -0.2) is 0 Å². The van der Waals surface area contributed by atoms with E-state index in [9.17, 15) is 0 Å². The third-order valence-corrected chi connectivity index (χ3v) is 3.36. The van der Waals surface area contributed by atoms with E-state index < -0.39 is 0 Å². The minimum atomic E-state index is 0.809. The fourth-order valence-corrected chi connectivity index (χ4v) is 2.45. The van der Waals surface area contributed by atoms with Crippen LogP contribution in [0.5, 0.6) is 0 Å². The number of aryl methyl sites for hydroxylation is 2. The third kappa shape index (κ3) is 1.92. The fraction of sp³-hybridized carbons (Fsp3) is 0.308. The van der Waals surface area contributed by atoms with E-state index in [1.54, 1.807) is 0 Å². The molecular weight excluding hydrogens is 264 g/mol. The lowest BCUT2D eigenvalue weighted by molar-refractivity contribution is 0.890. The summed E-state index contributed by atoms with van der Waals surface area (Å²) in [5.74, 6) is 0. The average Bonchev–Trinajstić information content (AvgIpc) is 2.23. The van der Waals surface area contributed by atoms with Crippen molar-refractivity contribution >= 4 is 32.5 Å². The molecule has 0 unspecified atom stereocenters. The molecule has 3 heteroatoms. The standard InChI is InChI=1S/C13H15BrN2/c1-3-4-9-7-11(15)12-10(14)6-5-8(2)13(12)16-9/h5-7H,3-4H2,1-2H3,(H2,15,16). The quantitative estimate of drug-likeness (QED) is 0.907. The highest BCUT2D eigenvalue weighted by Crippen LogP contribution is 2.30. The van der Waals surface area contributed by atoms with Crippen LogP contribution in [0.4, 0.5) is 5.69 Å². The number of nitrogens with two attached hydrogens (primary N) is 1. The smallest absolute Gasteiger partial charge is 0.0766 e. The minimum Gasteiger partial charge on any atom is -0.398 e. The van der Waals surface area contributed by atoms with Gasteiger partial charge in [0, 0.05) is 21.2 Å². The minimum absolute atomic E-state index is 0.809. The van der Waals surface area contributed by atoms with Gasteiger partial charge in [-0.3, -0.25) is 4.98 Å². The molecule has 2 nitrogen and oxygen atoms in total. The molecule has 0 spiro atoms. The van der Waals surface area contributed by atoms with Gasteiger partial charge in [-0.05, 0) is 31.0 Å². The van der Waals surface area contributed by atoms with Crippen molar-refractivity contribution in [2.24, 2.45) is 0 Å². The van der Waals surface area contributed by atoms with Crippen LogP contribution >= 0.6 is 15.9 Å². The Labute approximate surface area is 104 Å². The highest BCUT2D eigenvalue weighted by molar-refractivity contribution is 9.10. The number of rotatable bonds is 2. The van der Waals surface area contributed by atoms with Gasteiger partial charge in [0.25, 0.3) is 0 Å². The molecule has 16 heavy (non-hydrogen) atoms. The number of halogens is 1. The zero-order valence-corrected chi connectivity index (χ0v) is 11.1. The number of pyridine rings is 1. The molecule has 0 aliphatic carbocycles. The van der Waals surface area contributed by atoms with Gasteiger partial charge in [0.2, 0.25) is 0 Å². The van der Waals surface area contributed by atoms with E-state index in [0.29, 0.717) is 0 Å². The van der Waals surface area contributed by atoms with Gasteiger partial charge in [0.15, 0.2) is 0 Å². The largest absolute Gasteiger partial charge is 0.398 e. The van der Waals surface area contributed by atoms with Crippen molar-refractivity contribution in [2.75, 3.05) is 5.73 Å². The number of nitrogens with zero attached hydrogens (tertiary/aromatic N) is 1. The van der Waals surface area contributed by atoms with Gasteiger partial charge in [-0.2, -0.15) is 0 Å². The topological polar surface area (TPSA) is 38.9 Å². The summed E-state index contributed by atoms with van der Waals surface area (Å²) in [4.78, 5) is 4.68. The number of nitrogen functional groups attached to an aromatic ring is 1. The Bertz CT molecular complexity index is 535. The molecule has 0 aliphatic rings. The molecule has 1 heterocycles. The number of fused-ring (bicyclic) bond motifs is 1. The van der Waals surface area contributed by atoms with E-state index in [2.05, 4.69) is 40.8 Å². The molecule has 0 aliphatic heterocycles. The summed E-state index contributed by atoms with van der Waals surface area (Å²) in [6.07, 6.45) is 2.07. The average molecular weight is 279 g/mol. The molecule has 1 aromatic heterocycles. The van der Waals surface area contributed by atoms with Crippen molar-refractivity contribution in [3.05, 3.63) is 33.9 Å². The third-order valence-electron chi connectivity index (χ3n) is 2.70. The van der Waals surface area contributed by atoms with Gasteiger partial charge < -0.3 is 5.73 Å². The van der Waals surface area contributed by atoms with Crippen LogP contribution in [0.1, 0.15) is 24.6 Å². The number of hydrogen-bond donors (Lipinski definition) is 1. The summed E-state index contributed by atoms with van der Waals surface area (Å²) < 4.78 is 1.01. The predicted octanol–water partition coefficient (Wildman–Crippen LogP) is 3.84. The van der Waals surface area contributed by atoms with Crippen molar-refractivity contribution in [3.63, 3.8) is 0 Å². The lowest BCUT2D eigenvalue weighted by Crippen LogP contribution is -1.97. The van der Waals surface area contributed by atoms with Crippen LogP contribution in [-0.4, -0.2) is 4.98 Å². The second-order valence-electron chi connectivity index (χ2n) is 4.04. The van der Waals surface area contributed by atoms with E-state index in [4.69, 9.17) is 5.73 Å². The fourth-order valence-electron chi connectivity index (χ4n) is 1.90. The molecule has 0 radical (unpaired) electrons. The Morgan fingerprint density at radius 3 is 2.81 bits per heavy atom. The summed E-state index contributed by atoms with van der Waals surface area (Å²) in [6.45, 7) is 4.22. The maximum absolute atomic E-state index is 6.09. The first-order valence-corrected chi connectivity index (χ1v) is 6.27. The first-order chi connectivity index (χ1) is 7.63. The van der Waals surface area contributed by atoms with Crippen LogP contribution in [0.2, 0.25) is 0 Å². The maximum Gasteiger partial charge on any atom is 0.0766 e. The molecule has 0 amide bonds. The molecule has 84 valence electrons. The van der Waals surface area contributed by atoms with Crippen molar-refractivity contribution < 1.29 is 0 Å². The lowest BCUT2D eigenvalue weighted by Gasteiger charge is -2.09. The van der Waals surface area contributed by atoms with Gasteiger partial charge in [0.05, 0.1) is 5.52 Å². The van der Waals surface area contributed by atoms with Crippen LogP contribution in [-0.2, 0) is 6.42 Å². The summed E-state index contributed by atoms with van der Waals surface area (Å²) in [6, 6.07) is 6.07. The maximum atomic E-state index is 6.09. The molecule has 0 saturated carbocycles.